The Kier molecular flexibility index (Phi) is 4.31. The summed E-state index contributed by atoms with van der Waals surface area (Å²) in [4.78, 5) is 13.9. The lowest BCUT2D eigenvalue weighted by atomic mass is 9.99. The van der Waals surface area contributed by atoms with E-state index < -0.39 is 0 Å². The molecule has 0 saturated heterocycles. The molecule has 5 heteroatoms. The van der Waals surface area contributed by atoms with Crippen molar-refractivity contribution in [1.82, 2.24) is 10.5 Å². The molecule has 26 heavy (non-hydrogen) atoms. The largest absolute Gasteiger partial charge is 0.354 e. The molecule has 0 aliphatic carbocycles. The van der Waals surface area contributed by atoms with Gasteiger partial charge in [-0.25, -0.2) is 0 Å². The second kappa shape index (κ2) is 6.77. The molecule has 1 N–H and O–H groups in total. The molecule has 0 aliphatic heterocycles. The van der Waals surface area contributed by atoms with E-state index in [0.717, 1.165) is 21.2 Å². The highest BCUT2D eigenvalue weighted by Gasteiger charge is 2.24. The molecule has 0 spiro atoms. The number of thiophene rings is 1. The lowest BCUT2D eigenvalue weighted by molar-refractivity contribution is 0.0940. The standard InChI is InChI=1S/C21H18N2O2S/c1-13(16-10-5-8-15-7-3-4-9-17(15)16)22-21(24)19-14(2)23-25-20(19)18-11-6-12-26-18/h3-13H,1-2H3,(H,22,24)/t13-/m0/s1. The summed E-state index contributed by atoms with van der Waals surface area (Å²) in [7, 11) is 0. The zero-order valence-corrected chi connectivity index (χ0v) is 15.3. The monoisotopic (exact) mass is 362 g/mol. The minimum atomic E-state index is -0.174. The van der Waals surface area contributed by atoms with Crippen LogP contribution in [-0.2, 0) is 0 Å². The van der Waals surface area contributed by atoms with Crippen molar-refractivity contribution < 1.29 is 9.32 Å². The number of rotatable bonds is 4. The van der Waals surface area contributed by atoms with Crippen LogP contribution < -0.4 is 5.32 Å². The summed E-state index contributed by atoms with van der Waals surface area (Å²) in [5, 5.41) is 11.3. The van der Waals surface area contributed by atoms with Gasteiger partial charge in [0.25, 0.3) is 5.91 Å². The van der Waals surface area contributed by atoms with Crippen molar-refractivity contribution in [3.05, 3.63) is 76.8 Å². The third-order valence-corrected chi connectivity index (χ3v) is 5.34. The van der Waals surface area contributed by atoms with Gasteiger partial charge in [-0.05, 0) is 41.6 Å². The highest BCUT2D eigenvalue weighted by Crippen LogP contribution is 2.31. The van der Waals surface area contributed by atoms with Gasteiger partial charge < -0.3 is 9.84 Å². The number of aromatic nitrogens is 1. The Labute approximate surface area is 155 Å². The van der Waals surface area contributed by atoms with Crippen LogP contribution in [0.5, 0.6) is 0 Å². The van der Waals surface area contributed by atoms with Gasteiger partial charge >= 0.3 is 0 Å². The number of hydrogen-bond donors (Lipinski definition) is 1. The van der Waals surface area contributed by atoms with E-state index in [1.165, 1.54) is 11.3 Å². The number of aryl methyl sites for hydroxylation is 1. The molecule has 0 radical (unpaired) electrons. The first kappa shape index (κ1) is 16.5. The van der Waals surface area contributed by atoms with Crippen molar-refractivity contribution in [2.45, 2.75) is 19.9 Å². The van der Waals surface area contributed by atoms with Crippen LogP contribution in [0.4, 0.5) is 0 Å². The van der Waals surface area contributed by atoms with Crippen molar-refractivity contribution in [2.24, 2.45) is 0 Å². The number of nitrogens with one attached hydrogen (secondary N) is 1. The third kappa shape index (κ3) is 2.91. The van der Waals surface area contributed by atoms with Gasteiger partial charge in [-0.15, -0.1) is 11.3 Å². The van der Waals surface area contributed by atoms with E-state index in [9.17, 15) is 4.79 Å². The predicted octanol–water partition coefficient (Wildman–Crippen LogP) is 5.36. The van der Waals surface area contributed by atoms with Crippen LogP contribution in [0.2, 0.25) is 0 Å². The van der Waals surface area contributed by atoms with E-state index >= 15 is 0 Å². The number of carbonyl (C=O) groups excluding carboxylic acids is 1. The summed E-state index contributed by atoms with van der Waals surface area (Å²) in [5.74, 6) is 0.354. The fraction of sp³-hybridized carbons (Fsp3) is 0.143. The van der Waals surface area contributed by atoms with Crippen molar-refractivity contribution in [3.8, 4) is 10.6 Å². The van der Waals surface area contributed by atoms with E-state index in [2.05, 4.69) is 28.7 Å². The van der Waals surface area contributed by atoms with Gasteiger partial charge in [-0.3, -0.25) is 4.79 Å². The first-order chi connectivity index (χ1) is 12.6. The Balaban J connectivity index is 1.66. The lowest BCUT2D eigenvalue weighted by Crippen LogP contribution is -2.27. The SMILES string of the molecule is Cc1noc(-c2cccs2)c1C(=O)N[C@@H](C)c1cccc2ccccc12. The fourth-order valence-corrected chi connectivity index (χ4v) is 3.89. The molecule has 2 heterocycles. The Morgan fingerprint density at radius 1 is 1.12 bits per heavy atom. The van der Waals surface area contributed by atoms with Gasteiger partial charge in [0.1, 0.15) is 5.56 Å². The number of amides is 1. The molecule has 4 rings (SSSR count). The maximum atomic E-state index is 13.0. The van der Waals surface area contributed by atoms with Crippen molar-refractivity contribution >= 4 is 28.0 Å². The molecule has 1 atom stereocenters. The summed E-state index contributed by atoms with van der Waals surface area (Å²) in [6.07, 6.45) is 0. The van der Waals surface area contributed by atoms with Crippen molar-refractivity contribution in [2.75, 3.05) is 0 Å². The minimum Gasteiger partial charge on any atom is -0.354 e. The summed E-state index contributed by atoms with van der Waals surface area (Å²) >= 11 is 1.52. The predicted molar refractivity (Wildman–Crippen MR) is 104 cm³/mol. The molecule has 0 bridgehead atoms. The smallest absolute Gasteiger partial charge is 0.257 e. The van der Waals surface area contributed by atoms with Gasteiger partial charge in [0.05, 0.1) is 16.6 Å². The van der Waals surface area contributed by atoms with E-state index in [-0.39, 0.29) is 11.9 Å². The topological polar surface area (TPSA) is 55.1 Å². The van der Waals surface area contributed by atoms with Gasteiger partial charge in [0, 0.05) is 0 Å². The van der Waals surface area contributed by atoms with Gasteiger partial charge in [0.15, 0.2) is 5.76 Å². The molecule has 0 saturated carbocycles. The molecule has 4 aromatic rings. The van der Waals surface area contributed by atoms with Crippen LogP contribution in [-0.4, -0.2) is 11.1 Å². The molecule has 2 aromatic heterocycles. The van der Waals surface area contributed by atoms with Crippen LogP contribution in [0.25, 0.3) is 21.4 Å². The van der Waals surface area contributed by atoms with E-state index in [1.807, 2.05) is 48.7 Å². The second-order valence-corrected chi connectivity index (χ2v) is 7.16. The lowest BCUT2D eigenvalue weighted by Gasteiger charge is -2.16. The molecule has 4 nitrogen and oxygen atoms in total. The molecule has 2 aromatic carbocycles. The molecule has 130 valence electrons. The van der Waals surface area contributed by atoms with Crippen LogP contribution in [0.1, 0.15) is 34.6 Å². The zero-order valence-electron chi connectivity index (χ0n) is 14.5. The minimum absolute atomic E-state index is 0.140. The van der Waals surface area contributed by atoms with E-state index in [1.54, 1.807) is 6.92 Å². The quantitative estimate of drug-likeness (QED) is 0.532. The Bertz CT molecular complexity index is 1060. The average molecular weight is 362 g/mol. The summed E-state index contributed by atoms with van der Waals surface area (Å²) in [6.45, 7) is 3.78. The third-order valence-electron chi connectivity index (χ3n) is 4.47. The van der Waals surface area contributed by atoms with E-state index in [4.69, 9.17) is 4.52 Å². The molecular weight excluding hydrogens is 344 g/mol. The van der Waals surface area contributed by atoms with Crippen LogP contribution >= 0.6 is 11.3 Å². The molecule has 1 amide bonds. The van der Waals surface area contributed by atoms with Gasteiger partial charge in [0.2, 0.25) is 0 Å². The zero-order chi connectivity index (χ0) is 18.1. The first-order valence-electron chi connectivity index (χ1n) is 8.44. The Hall–Kier alpha value is -2.92. The number of nitrogens with zero attached hydrogens (tertiary/aromatic N) is 1. The first-order valence-corrected chi connectivity index (χ1v) is 9.32. The maximum Gasteiger partial charge on any atom is 0.257 e. The summed E-state index contributed by atoms with van der Waals surface area (Å²) in [6, 6.07) is 18.0. The number of benzene rings is 2. The number of carbonyl (C=O) groups is 1. The van der Waals surface area contributed by atoms with Crippen LogP contribution in [0.15, 0.2) is 64.5 Å². The number of hydrogen-bond acceptors (Lipinski definition) is 4. The van der Waals surface area contributed by atoms with Crippen molar-refractivity contribution in [1.29, 1.82) is 0 Å². The number of fused-ring (bicyclic) bond motifs is 1. The highest BCUT2D eigenvalue weighted by molar-refractivity contribution is 7.13. The normalized spacial score (nSPS) is 12.2. The van der Waals surface area contributed by atoms with Gasteiger partial charge in [-0.2, -0.15) is 0 Å². The molecule has 0 aliphatic rings. The fourth-order valence-electron chi connectivity index (χ4n) is 3.19. The Morgan fingerprint density at radius 3 is 2.73 bits per heavy atom. The average Bonchev–Trinajstić information content (AvgIpc) is 3.30. The van der Waals surface area contributed by atoms with Crippen LogP contribution in [0, 0.1) is 6.92 Å². The summed E-state index contributed by atoms with van der Waals surface area (Å²) in [5.41, 5.74) is 2.18. The highest BCUT2D eigenvalue weighted by atomic mass is 32.1. The van der Waals surface area contributed by atoms with Crippen LogP contribution in [0.3, 0.4) is 0 Å². The molecular formula is C21H18N2O2S. The van der Waals surface area contributed by atoms with E-state index in [0.29, 0.717) is 17.0 Å². The van der Waals surface area contributed by atoms with Gasteiger partial charge in [-0.1, -0.05) is 53.7 Å². The summed E-state index contributed by atoms with van der Waals surface area (Å²) < 4.78 is 5.42. The van der Waals surface area contributed by atoms with Crippen molar-refractivity contribution in [3.63, 3.8) is 0 Å². The molecule has 0 unspecified atom stereocenters. The Morgan fingerprint density at radius 2 is 1.92 bits per heavy atom. The molecule has 0 fully saturated rings. The maximum absolute atomic E-state index is 13.0. The second-order valence-electron chi connectivity index (χ2n) is 6.21.